The maximum Gasteiger partial charge on any atom is 0.469 e. The van der Waals surface area contributed by atoms with Gasteiger partial charge in [0.2, 0.25) is 5.91 Å². The summed E-state index contributed by atoms with van der Waals surface area (Å²) in [6.45, 7) is 1.99. The molecule has 0 saturated heterocycles. The van der Waals surface area contributed by atoms with Gasteiger partial charge in [-0.25, -0.2) is 4.57 Å². The van der Waals surface area contributed by atoms with Gasteiger partial charge in [0.25, 0.3) is 0 Å². The summed E-state index contributed by atoms with van der Waals surface area (Å²) in [4.78, 5) is 30.7. The molecule has 1 aromatic carbocycles. The van der Waals surface area contributed by atoms with Crippen LogP contribution in [0, 0.1) is 11.8 Å². The van der Waals surface area contributed by atoms with Gasteiger partial charge in [0.1, 0.15) is 0 Å². The zero-order valence-corrected chi connectivity index (χ0v) is 24.7. The number of rotatable bonds is 22. The Bertz CT molecular complexity index is 900. The molecule has 0 saturated carbocycles. The van der Waals surface area contributed by atoms with Crippen molar-refractivity contribution in [2.75, 3.05) is 13.2 Å². The van der Waals surface area contributed by atoms with Gasteiger partial charge in [-0.05, 0) is 56.2 Å². The van der Waals surface area contributed by atoms with Crippen molar-refractivity contribution in [3.63, 3.8) is 0 Å². The van der Waals surface area contributed by atoms with E-state index >= 15 is 0 Å². The fraction of sp³-hybridized carbons (Fsp3) is 0.645. The third-order valence-corrected chi connectivity index (χ3v) is 6.87. The predicted molar refractivity (Wildman–Crippen MR) is 158 cm³/mol. The Labute approximate surface area is 236 Å². The average molecular weight is 564 g/mol. The van der Waals surface area contributed by atoms with E-state index in [1.165, 1.54) is 51.4 Å². The van der Waals surface area contributed by atoms with Crippen molar-refractivity contribution in [3.8, 4) is 11.8 Å². The van der Waals surface area contributed by atoms with Crippen LogP contribution in [-0.2, 0) is 20.3 Å². The molecule has 0 radical (unpaired) electrons. The first-order valence-corrected chi connectivity index (χ1v) is 16.2. The SMILES string of the molecule is CCCCCCCC/C=C\CCCCCCCC(=O)N[C@H](COP(=O)(O)O)Cc1ccc(C#CCCO)cc1. The number of hydrogen-bond acceptors (Lipinski definition) is 4. The first kappa shape index (κ1) is 35.1. The van der Waals surface area contributed by atoms with E-state index in [-0.39, 0.29) is 19.1 Å². The molecule has 0 fully saturated rings. The molecule has 0 heterocycles. The lowest BCUT2D eigenvalue weighted by molar-refractivity contribution is -0.122. The molecule has 1 aromatic rings. The van der Waals surface area contributed by atoms with E-state index in [0.717, 1.165) is 43.2 Å². The minimum absolute atomic E-state index is 0.0169. The van der Waals surface area contributed by atoms with E-state index in [4.69, 9.17) is 14.9 Å². The smallest absolute Gasteiger partial charge is 0.395 e. The summed E-state index contributed by atoms with van der Waals surface area (Å²) >= 11 is 0. The molecule has 0 aliphatic heterocycles. The highest BCUT2D eigenvalue weighted by Gasteiger charge is 2.20. The third-order valence-electron chi connectivity index (χ3n) is 6.38. The van der Waals surface area contributed by atoms with E-state index in [1.807, 2.05) is 24.3 Å². The number of allylic oxidation sites excluding steroid dienone is 2. The fourth-order valence-electron chi connectivity index (χ4n) is 4.22. The van der Waals surface area contributed by atoms with E-state index in [1.54, 1.807) is 0 Å². The van der Waals surface area contributed by atoms with Crippen LogP contribution in [0.5, 0.6) is 0 Å². The molecule has 220 valence electrons. The van der Waals surface area contributed by atoms with Gasteiger partial charge in [-0.15, -0.1) is 0 Å². The van der Waals surface area contributed by atoms with Crippen LogP contribution in [0.4, 0.5) is 0 Å². The van der Waals surface area contributed by atoms with Gasteiger partial charge in [0, 0.05) is 18.4 Å². The highest BCUT2D eigenvalue weighted by molar-refractivity contribution is 7.46. The molecule has 0 aliphatic carbocycles. The second kappa shape index (κ2) is 22.8. The molecule has 0 unspecified atom stereocenters. The van der Waals surface area contributed by atoms with Crippen molar-refractivity contribution < 1.29 is 28.8 Å². The van der Waals surface area contributed by atoms with Crippen molar-refractivity contribution in [2.24, 2.45) is 0 Å². The normalized spacial score (nSPS) is 12.3. The zero-order chi connectivity index (χ0) is 28.6. The van der Waals surface area contributed by atoms with Gasteiger partial charge in [-0.3, -0.25) is 9.32 Å². The number of phosphoric ester groups is 1. The maximum absolute atomic E-state index is 12.5. The first-order chi connectivity index (χ1) is 18.8. The topological polar surface area (TPSA) is 116 Å². The van der Waals surface area contributed by atoms with Crippen molar-refractivity contribution in [1.29, 1.82) is 0 Å². The van der Waals surface area contributed by atoms with Crippen LogP contribution in [0.1, 0.15) is 114 Å². The summed E-state index contributed by atoms with van der Waals surface area (Å²) in [6.07, 6.45) is 21.3. The second-order valence-electron chi connectivity index (χ2n) is 10.1. The number of amides is 1. The minimum Gasteiger partial charge on any atom is -0.395 e. The van der Waals surface area contributed by atoms with Gasteiger partial charge in [0.05, 0.1) is 19.3 Å². The van der Waals surface area contributed by atoms with Gasteiger partial charge < -0.3 is 20.2 Å². The molecule has 0 spiro atoms. The Morgan fingerprint density at radius 3 is 2.13 bits per heavy atom. The van der Waals surface area contributed by atoms with Crippen LogP contribution in [0.2, 0.25) is 0 Å². The van der Waals surface area contributed by atoms with Gasteiger partial charge in [0.15, 0.2) is 0 Å². The van der Waals surface area contributed by atoms with Crippen LogP contribution in [0.3, 0.4) is 0 Å². The van der Waals surface area contributed by atoms with Crippen molar-refractivity contribution in [3.05, 3.63) is 47.5 Å². The molecule has 0 aliphatic rings. The summed E-state index contributed by atoms with van der Waals surface area (Å²) in [5.74, 6) is 5.68. The van der Waals surface area contributed by atoms with Crippen LogP contribution in [-0.4, -0.2) is 40.1 Å². The molecule has 0 aromatic heterocycles. The number of phosphoric acid groups is 1. The van der Waals surface area contributed by atoms with E-state index < -0.39 is 13.9 Å². The standard InChI is InChI=1S/C31H50NO6P/c1-2-3-4-5-6-7-8-9-10-11-12-13-14-15-16-20-31(34)32-30(27-38-39(35,36)37)26-29-23-21-28(22-24-29)19-17-18-25-33/h9-10,21-24,30,33H,2-8,11-16,18,20,25-27H2,1H3,(H,32,34)(H2,35,36,37)/b10-9-/t30-/m0/s1. The molecule has 8 heteroatoms. The number of nitrogens with one attached hydrogen (secondary N) is 1. The second-order valence-corrected chi connectivity index (χ2v) is 11.3. The Kier molecular flexibility index (Phi) is 20.5. The Hall–Kier alpha value is -1.94. The molecule has 0 bridgehead atoms. The van der Waals surface area contributed by atoms with Crippen molar-refractivity contribution in [1.82, 2.24) is 5.32 Å². The zero-order valence-electron chi connectivity index (χ0n) is 23.8. The van der Waals surface area contributed by atoms with Crippen LogP contribution in [0.15, 0.2) is 36.4 Å². The lowest BCUT2D eigenvalue weighted by Gasteiger charge is -2.19. The maximum atomic E-state index is 12.5. The number of benzene rings is 1. The number of unbranched alkanes of at least 4 members (excludes halogenated alkanes) is 11. The number of carbonyl (C=O) groups excluding carboxylic acids is 1. The average Bonchev–Trinajstić information content (AvgIpc) is 2.90. The van der Waals surface area contributed by atoms with E-state index in [9.17, 15) is 9.36 Å². The number of aliphatic hydroxyl groups excluding tert-OH is 1. The van der Waals surface area contributed by atoms with Crippen LogP contribution in [0.25, 0.3) is 0 Å². The summed E-state index contributed by atoms with van der Waals surface area (Å²) < 4.78 is 15.9. The third kappa shape index (κ3) is 21.5. The molecule has 1 amide bonds. The predicted octanol–water partition coefficient (Wildman–Crippen LogP) is 6.59. The lowest BCUT2D eigenvalue weighted by Crippen LogP contribution is -2.39. The molecular weight excluding hydrogens is 513 g/mol. The van der Waals surface area contributed by atoms with Gasteiger partial charge >= 0.3 is 7.82 Å². The van der Waals surface area contributed by atoms with Gasteiger partial charge in [-0.1, -0.05) is 94.4 Å². The summed E-state index contributed by atoms with van der Waals surface area (Å²) in [7, 11) is -4.64. The summed E-state index contributed by atoms with van der Waals surface area (Å²) in [6, 6.07) is 6.86. The molecule has 1 rings (SSSR count). The minimum atomic E-state index is -4.64. The Balaban J connectivity index is 2.28. The molecule has 1 atom stereocenters. The Morgan fingerprint density at radius 1 is 0.949 bits per heavy atom. The quantitative estimate of drug-likeness (QED) is 0.0547. The van der Waals surface area contributed by atoms with E-state index in [2.05, 4.69) is 40.8 Å². The number of hydrogen-bond donors (Lipinski definition) is 4. The molecule has 4 N–H and O–H groups in total. The van der Waals surface area contributed by atoms with Crippen LogP contribution < -0.4 is 5.32 Å². The molecule has 7 nitrogen and oxygen atoms in total. The van der Waals surface area contributed by atoms with E-state index in [0.29, 0.717) is 19.3 Å². The van der Waals surface area contributed by atoms with Crippen molar-refractivity contribution in [2.45, 2.75) is 116 Å². The highest BCUT2D eigenvalue weighted by atomic mass is 31.2. The Morgan fingerprint density at radius 2 is 1.54 bits per heavy atom. The summed E-state index contributed by atoms with van der Waals surface area (Å²) in [5, 5.41) is 11.7. The largest absolute Gasteiger partial charge is 0.469 e. The number of aliphatic hydroxyl groups is 1. The first-order valence-electron chi connectivity index (χ1n) is 14.7. The number of carbonyl (C=O) groups is 1. The van der Waals surface area contributed by atoms with Crippen LogP contribution >= 0.6 is 7.82 Å². The fourth-order valence-corrected chi connectivity index (χ4v) is 4.60. The lowest BCUT2D eigenvalue weighted by atomic mass is 10.0. The van der Waals surface area contributed by atoms with Gasteiger partial charge in [-0.2, -0.15) is 0 Å². The summed E-state index contributed by atoms with van der Waals surface area (Å²) in [5.41, 5.74) is 1.70. The molecular formula is C31H50NO6P. The highest BCUT2D eigenvalue weighted by Crippen LogP contribution is 2.35. The molecule has 39 heavy (non-hydrogen) atoms. The van der Waals surface area contributed by atoms with Crippen molar-refractivity contribution >= 4 is 13.7 Å². The monoisotopic (exact) mass is 563 g/mol.